The van der Waals surface area contributed by atoms with Crippen molar-refractivity contribution in [3.8, 4) is 10.8 Å². The van der Waals surface area contributed by atoms with Crippen molar-refractivity contribution in [3.05, 3.63) is 21.9 Å². The standard InChI is InChI=1S/C12H14ClN3OS/c1-7-6-18-11(10(7)13)12-16-15-9(17-12)4-5-14-8-2-3-8/h6,8,14H,2-5H2,1H3. The van der Waals surface area contributed by atoms with Gasteiger partial charge in [-0.05, 0) is 30.7 Å². The summed E-state index contributed by atoms with van der Waals surface area (Å²) in [4.78, 5) is 0.864. The minimum absolute atomic E-state index is 0.527. The molecule has 0 radical (unpaired) electrons. The van der Waals surface area contributed by atoms with Crippen LogP contribution in [0, 0.1) is 6.92 Å². The van der Waals surface area contributed by atoms with E-state index in [1.165, 1.54) is 24.2 Å². The number of nitrogens with one attached hydrogen (secondary N) is 1. The number of thiophene rings is 1. The molecule has 2 aromatic heterocycles. The molecule has 0 atom stereocenters. The number of hydrogen-bond donors (Lipinski definition) is 1. The normalized spacial score (nSPS) is 15.2. The molecule has 2 aromatic rings. The van der Waals surface area contributed by atoms with E-state index in [2.05, 4.69) is 15.5 Å². The van der Waals surface area contributed by atoms with Crippen LogP contribution in [0.4, 0.5) is 0 Å². The van der Waals surface area contributed by atoms with Gasteiger partial charge in [0.1, 0.15) is 4.88 Å². The maximum absolute atomic E-state index is 6.18. The summed E-state index contributed by atoms with van der Waals surface area (Å²) in [6, 6.07) is 0.710. The number of nitrogens with zero attached hydrogens (tertiary/aromatic N) is 2. The fraction of sp³-hybridized carbons (Fsp3) is 0.500. The molecule has 3 rings (SSSR count). The van der Waals surface area contributed by atoms with Gasteiger partial charge in [-0.1, -0.05) is 11.6 Å². The Morgan fingerprint density at radius 1 is 1.50 bits per heavy atom. The van der Waals surface area contributed by atoms with Gasteiger partial charge in [0.25, 0.3) is 5.89 Å². The molecule has 0 spiro atoms. The molecule has 0 aliphatic heterocycles. The van der Waals surface area contributed by atoms with Gasteiger partial charge < -0.3 is 9.73 Å². The van der Waals surface area contributed by atoms with Crippen molar-refractivity contribution >= 4 is 22.9 Å². The molecule has 1 fully saturated rings. The molecule has 0 unspecified atom stereocenters. The van der Waals surface area contributed by atoms with E-state index in [0.29, 0.717) is 22.8 Å². The van der Waals surface area contributed by atoms with Gasteiger partial charge in [0, 0.05) is 19.0 Å². The smallest absolute Gasteiger partial charge is 0.259 e. The highest BCUT2D eigenvalue weighted by molar-refractivity contribution is 7.14. The predicted octanol–water partition coefficient (Wildman–Crippen LogP) is 3.05. The first-order valence-electron chi connectivity index (χ1n) is 6.04. The van der Waals surface area contributed by atoms with Crippen molar-refractivity contribution in [2.75, 3.05) is 6.54 Å². The number of hydrogen-bond acceptors (Lipinski definition) is 5. The SMILES string of the molecule is Cc1csc(-c2nnc(CCNC3CC3)o2)c1Cl. The van der Waals surface area contributed by atoms with Crippen molar-refractivity contribution in [3.63, 3.8) is 0 Å². The lowest BCUT2D eigenvalue weighted by molar-refractivity contribution is 0.495. The molecule has 1 aliphatic carbocycles. The van der Waals surface area contributed by atoms with E-state index in [0.717, 1.165) is 23.4 Å². The Morgan fingerprint density at radius 2 is 2.33 bits per heavy atom. The lowest BCUT2D eigenvalue weighted by Crippen LogP contribution is -2.19. The summed E-state index contributed by atoms with van der Waals surface area (Å²) in [6.45, 7) is 2.86. The second kappa shape index (κ2) is 4.99. The molecule has 4 nitrogen and oxygen atoms in total. The summed E-state index contributed by atoms with van der Waals surface area (Å²) in [6.07, 6.45) is 3.35. The minimum atomic E-state index is 0.527. The zero-order chi connectivity index (χ0) is 12.5. The van der Waals surface area contributed by atoms with Crippen LogP contribution in [0.15, 0.2) is 9.80 Å². The highest BCUT2D eigenvalue weighted by Gasteiger charge is 2.20. The highest BCUT2D eigenvalue weighted by Crippen LogP contribution is 2.35. The monoisotopic (exact) mass is 283 g/mol. The van der Waals surface area contributed by atoms with Gasteiger partial charge in [-0.15, -0.1) is 21.5 Å². The van der Waals surface area contributed by atoms with Crippen LogP contribution in [0.5, 0.6) is 0 Å². The van der Waals surface area contributed by atoms with Crippen LogP contribution in [-0.2, 0) is 6.42 Å². The quantitative estimate of drug-likeness (QED) is 0.916. The van der Waals surface area contributed by atoms with Crippen LogP contribution in [-0.4, -0.2) is 22.8 Å². The maximum Gasteiger partial charge on any atom is 0.259 e. The van der Waals surface area contributed by atoms with E-state index < -0.39 is 0 Å². The summed E-state index contributed by atoms with van der Waals surface area (Å²) < 4.78 is 5.63. The zero-order valence-corrected chi connectivity index (χ0v) is 11.6. The third kappa shape index (κ3) is 2.58. The van der Waals surface area contributed by atoms with Crippen LogP contribution in [0.2, 0.25) is 5.02 Å². The maximum atomic E-state index is 6.18. The van der Waals surface area contributed by atoms with Gasteiger partial charge in [0.2, 0.25) is 5.89 Å². The molecular formula is C12H14ClN3OS. The highest BCUT2D eigenvalue weighted by atomic mass is 35.5. The second-order valence-electron chi connectivity index (χ2n) is 4.54. The molecule has 6 heteroatoms. The minimum Gasteiger partial charge on any atom is -0.420 e. The van der Waals surface area contributed by atoms with Gasteiger partial charge in [-0.25, -0.2) is 0 Å². The molecule has 0 amide bonds. The molecule has 1 N–H and O–H groups in total. The van der Waals surface area contributed by atoms with Gasteiger partial charge >= 0.3 is 0 Å². The van der Waals surface area contributed by atoms with E-state index >= 15 is 0 Å². The molecule has 0 bridgehead atoms. The van der Waals surface area contributed by atoms with E-state index in [4.69, 9.17) is 16.0 Å². The molecular weight excluding hydrogens is 270 g/mol. The van der Waals surface area contributed by atoms with Crippen LogP contribution in [0.25, 0.3) is 10.8 Å². The first-order chi connectivity index (χ1) is 8.74. The lowest BCUT2D eigenvalue weighted by Gasteiger charge is -1.97. The van der Waals surface area contributed by atoms with Gasteiger partial charge in [0.15, 0.2) is 0 Å². The Labute approximate surface area is 114 Å². The fourth-order valence-corrected chi connectivity index (χ4v) is 2.89. The van der Waals surface area contributed by atoms with Crippen molar-refractivity contribution in [2.45, 2.75) is 32.2 Å². The fourth-order valence-electron chi connectivity index (χ4n) is 1.69. The molecule has 1 aliphatic rings. The Balaban J connectivity index is 1.66. The van der Waals surface area contributed by atoms with Crippen molar-refractivity contribution in [1.82, 2.24) is 15.5 Å². The van der Waals surface area contributed by atoms with Gasteiger partial charge in [0.05, 0.1) is 5.02 Å². The van der Waals surface area contributed by atoms with Crippen LogP contribution >= 0.6 is 22.9 Å². The van der Waals surface area contributed by atoms with Crippen molar-refractivity contribution < 1.29 is 4.42 Å². The summed E-state index contributed by atoms with van der Waals surface area (Å²) >= 11 is 7.71. The summed E-state index contributed by atoms with van der Waals surface area (Å²) in [5.41, 5.74) is 1.05. The van der Waals surface area contributed by atoms with E-state index in [1.54, 1.807) is 0 Å². The van der Waals surface area contributed by atoms with Gasteiger partial charge in [-0.3, -0.25) is 0 Å². The van der Waals surface area contributed by atoms with E-state index in [-0.39, 0.29) is 0 Å². The Kier molecular flexibility index (Phi) is 3.37. The Morgan fingerprint density at radius 3 is 3.00 bits per heavy atom. The molecule has 2 heterocycles. The summed E-state index contributed by atoms with van der Waals surface area (Å²) in [5, 5.41) is 14.2. The summed E-state index contributed by atoms with van der Waals surface area (Å²) in [5.74, 6) is 1.19. The average molecular weight is 284 g/mol. The van der Waals surface area contributed by atoms with Crippen LogP contribution in [0.3, 0.4) is 0 Å². The van der Waals surface area contributed by atoms with Crippen molar-refractivity contribution in [1.29, 1.82) is 0 Å². The number of halogens is 1. The number of aryl methyl sites for hydroxylation is 1. The topological polar surface area (TPSA) is 51.0 Å². The largest absolute Gasteiger partial charge is 0.420 e. The first kappa shape index (κ1) is 12.1. The third-order valence-electron chi connectivity index (χ3n) is 2.91. The predicted molar refractivity (Wildman–Crippen MR) is 72.1 cm³/mol. The van der Waals surface area contributed by atoms with E-state index in [9.17, 15) is 0 Å². The lowest BCUT2D eigenvalue weighted by atomic mass is 10.3. The zero-order valence-electron chi connectivity index (χ0n) is 10.1. The molecule has 0 saturated heterocycles. The van der Waals surface area contributed by atoms with Crippen LogP contribution < -0.4 is 5.32 Å². The summed E-state index contributed by atoms with van der Waals surface area (Å²) in [7, 11) is 0. The molecule has 0 aromatic carbocycles. The second-order valence-corrected chi connectivity index (χ2v) is 5.80. The first-order valence-corrected chi connectivity index (χ1v) is 7.29. The average Bonchev–Trinajstić information content (AvgIpc) is 2.97. The Hall–Kier alpha value is -0.910. The van der Waals surface area contributed by atoms with Crippen molar-refractivity contribution in [2.24, 2.45) is 0 Å². The number of aromatic nitrogens is 2. The van der Waals surface area contributed by atoms with E-state index in [1.807, 2.05) is 12.3 Å². The third-order valence-corrected chi connectivity index (χ3v) is 4.59. The molecule has 1 saturated carbocycles. The van der Waals surface area contributed by atoms with Crippen LogP contribution in [0.1, 0.15) is 24.3 Å². The molecule has 96 valence electrons. The Bertz CT molecular complexity index is 547. The molecule has 18 heavy (non-hydrogen) atoms. The number of rotatable bonds is 5. The van der Waals surface area contributed by atoms with Gasteiger partial charge in [-0.2, -0.15) is 0 Å².